The zero-order valence-electron chi connectivity index (χ0n) is 17.7. The molecule has 1 aliphatic heterocycles. The Balaban J connectivity index is 1.38. The van der Waals surface area contributed by atoms with E-state index in [-0.39, 0.29) is 11.8 Å². The van der Waals surface area contributed by atoms with E-state index in [2.05, 4.69) is 33.5 Å². The first-order valence-electron chi connectivity index (χ1n) is 10.6. The first-order valence-corrected chi connectivity index (χ1v) is 12.4. The molecule has 0 unspecified atom stereocenters. The van der Waals surface area contributed by atoms with E-state index in [0.29, 0.717) is 6.54 Å². The summed E-state index contributed by atoms with van der Waals surface area (Å²) in [4.78, 5) is 28.5. The van der Waals surface area contributed by atoms with Gasteiger partial charge >= 0.3 is 0 Å². The van der Waals surface area contributed by atoms with Crippen LogP contribution in [0.1, 0.15) is 35.2 Å². The molecule has 1 fully saturated rings. The molecule has 0 radical (unpaired) electrons. The zero-order valence-corrected chi connectivity index (χ0v) is 19.3. The average molecular weight is 462 g/mol. The van der Waals surface area contributed by atoms with Crippen LogP contribution >= 0.6 is 22.7 Å². The third-order valence-electron chi connectivity index (χ3n) is 5.60. The minimum Gasteiger partial charge on any atom is -0.338 e. The largest absolute Gasteiger partial charge is 0.338 e. The fraction of sp³-hybridized carbons (Fsp3) is 0.250. The number of aromatic nitrogens is 3. The average Bonchev–Trinajstić information content (AvgIpc) is 3.49. The lowest BCUT2D eigenvalue weighted by atomic mass is 9.93. The van der Waals surface area contributed by atoms with Gasteiger partial charge in [-0.2, -0.15) is 0 Å². The summed E-state index contributed by atoms with van der Waals surface area (Å²) in [6.07, 6.45) is 7.20. The molecule has 1 aromatic carbocycles. The van der Waals surface area contributed by atoms with Crippen LogP contribution in [0.25, 0.3) is 16.8 Å². The number of carbonyl (C=O) groups excluding carboxylic acids is 1. The molecule has 1 N–H and O–H groups in total. The Morgan fingerprint density at radius 3 is 2.97 bits per heavy atom. The molecule has 0 bridgehead atoms. The summed E-state index contributed by atoms with van der Waals surface area (Å²) < 4.78 is 0. The Morgan fingerprint density at radius 2 is 2.16 bits per heavy atom. The van der Waals surface area contributed by atoms with Gasteiger partial charge in [-0.05, 0) is 37.3 Å². The van der Waals surface area contributed by atoms with E-state index in [1.54, 1.807) is 41.0 Å². The van der Waals surface area contributed by atoms with Crippen molar-refractivity contribution in [3.63, 3.8) is 0 Å². The monoisotopic (exact) mass is 461 g/mol. The highest BCUT2D eigenvalue weighted by atomic mass is 32.1. The topological polar surface area (TPSA) is 71.0 Å². The Labute approximate surface area is 194 Å². The summed E-state index contributed by atoms with van der Waals surface area (Å²) in [6.45, 7) is 3.40. The second-order valence-corrected chi connectivity index (χ2v) is 9.78. The van der Waals surface area contributed by atoms with Gasteiger partial charge in [0.05, 0.1) is 10.7 Å². The maximum atomic E-state index is 12.8. The lowest BCUT2D eigenvalue weighted by Crippen LogP contribution is -2.38. The van der Waals surface area contributed by atoms with Gasteiger partial charge in [0.25, 0.3) is 0 Å². The standard InChI is InChI=1S/C24H23N5OS2/c1-16-26-19(15-32-16)8-9-22(30)29-11-4-6-18(14-29)21-13-17-5-2-3-7-20(17)23(27-21)28-24-25-10-12-31-24/h2-3,5,7-10,12-13,15,18H,4,6,11,14H2,1H3,(H,25,27,28)/b9-8+/t18-/m0/s1. The zero-order chi connectivity index (χ0) is 21.9. The highest BCUT2D eigenvalue weighted by molar-refractivity contribution is 7.13. The number of pyridine rings is 1. The number of fused-ring (bicyclic) bond motifs is 1. The highest BCUT2D eigenvalue weighted by Crippen LogP contribution is 2.32. The van der Waals surface area contributed by atoms with Gasteiger partial charge in [0, 0.05) is 53.1 Å². The number of hydrogen-bond acceptors (Lipinski definition) is 7. The molecule has 0 spiro atoms. The van der Waals surface area contributed by atoms with Crippen molar-refractivity contribution in [2.24, 2.45) is 0 Å². The molecular weight excluding hydrogens is 438 g/mol. The Bertz CT molecular complexity index is 1260. The molecule has 8 heteroatoms. The molecule has 3 aromatic heterocycles. The summed E-state index contributed by atoms with van der Waals surface area (Å²) in [5, 5.41) is 11.3. The third-order valence-corrected chi connectivity index (χ3v) is 7.08. The number of hydrogen-bond donors (Lipinski definition) is 1. The van der Waals surface area contributed by atoms with E-state index in [1.807, 2.05) is 34.7 Å². The number of likely N-dealkylation sites (tertiary alicyclic amines) is 1. The molecule has 5 rings (SSSR count). The maximum absolute atomic E-state index is 12.8. The normalized spacial score (nSPS) is 16.7. The van der Waals surface area contributed by atoms with E-state index in [4.69, 9.17) is 4.98 Å². The first-order chi connectivity index (χ1) is 15.7. The molecule has 1 aliphatic rings. The summed E-state index contributed by atoms with van der Waals surface area (Å²) in [5.74, 6) is 1.04. The molecule has 4 heterocycles. The summed E-state index contributed by atoms with van der Waals surface area (Å²) in [7, 11) is 0. The molecular formula is C24H23N5OS2. The minimum absolute atomic E-state index is 0.0299. The van der Waals surface area contributed by atoms with Crippen molar-refractivity contribution >= 4 is 56.4 Å². The summed E-state index contributed by atoms with van der Waals surface area (Å²) >= 11 is 3.14. The molecule has 0 saturated carbocycles. The number of benzene rings is 1. The van der Waals surface area contributed by atoms with Crippen LogP contribution in [-0.4, -0.2) is 38.8 Å². The van der Waals surface area contributed by atoms with Gasteiger partial charge in [0.1, 0.15) is 5.82 Å². The molecule has 32 heavy (non-hydrogen) atoms. The Morgan fingerprint density at radius 1 is 1.25 bits per heavy atom. The van der Waals surface area contributed by atoms with Crippen LogP contribution in [0.5, 0.6) is 0 Å². The molecule has 1 amide bonds. The molecule has 6 nitrogen and oxygen atoms in total. The number of nitrogens with zero attached hydrogens (tertiary/aromatic N) is 4. The summed E-state index contributed by atoms with van der Waals surface area (Å²) in [5.41, 5.74) is 1.85. The Hall–Kier alpha value is -3.10. The number of thiazole rings is 2. The highest BCUT2D eigenvalue weighted by Gasteiger charge is 2.25. The van der Waals surface area contributed by atoms with Gasteiger partial charge < -0.3 is 10.2 Å². The maximum Gasteiger partial charge on any atom is 0.246 e. The van der Waals surface area contributed by atoms with Gasteiger partial charge in [-0.25, -0.2) is 15.0 Å². The fourth-order valence-corrected chi connectivity index (χ4v) is 5.16. The van der Waals surface area contributed by atoms with Crippen LogP contribution in [0, 0.1) is 6.92 Å². The number of amides is 1. The lowest BCUT2D eigenvalue weighted by Gasteiger charge is -2.32. The van der Waals surface area contributed by atoms with Crippen LogP contribution in [0.3, 0.4) is 0 Å². The number of aryl methyl sites for hydroxylation is 1. The van der Waals surface area contributed by atoms with Crippen LogP contribution < -0.4 is 5.32 Å². The van der Waals surface area contributed by atoms with Gasteiger partial charge in [-0.3, -0.25) is 4.79 Å². The predicted octanol–water partition coefficient (Wildman–Crippen LogP) is 5.62. The van der Waals surface area contributed by atoms with E-state index < -0.39 is 0 Å². The molecule has 1 saturated heterocycles. The number of rotatable bonds is 5. The van der Waals surface area contributed by atoms with Crippen molar-refractivity contribution < 1.29 is 4.79 Å². The quantitative estimate of drug-likeness (QED) is 0.391. The van der Waals surface area contributed by atoms with Gasteiger partial charge in [0.2, 0.25) is 5.91 Å². The SMILES string of the molecule is Cc1nc(/C=C/C(=O)N2CCC[C@H](c3cc4ccccc4c(Nc4nccs4)n3)C2)cs1. The van der Waals surface area contributed by atoms with E-state index >= 15 is 0 Å². The van der Waals surface area contributed by atoms with Crippen molar-refractivity contribution in [1.29, 1.82) is 0 Å². The van der Waals surface area contributed by atoms with Crippen molar-refractivity contribution in [3.05, 3.63) is 69.8 Å². The minimum atomic E-state index is 0.0299. The van der Waals surface area contributed by atoms with Crippen LogP contribution in [0.15, 0.2) is 53.4 Å². The van der Waals surface area contributed by atoms with Crippen LogP contribution in [-0.2, 0) is 4.79 Å². The second-order valence-electron chi connectivity index (χ2n) is 7.83. The number of carbonyl (C=O) groups is 1. The van der Waals surface area contributed by atoms with Crippen molar-refractivity contribution in [3.8, 4) is 0 Å². The van der Waals surface area contributed by atoms with Gasteiger partial charge in [-0.1, -0.05) is 24.3 Å². The molecule has 162 valence electrons. The van der Waals surface area contributed by atoms with Crippen molar-refractivity contribution in [2.45, 2.75) is 25.7 Å². The fourth-order valence-electron chi connectivity index (χ4n) is 4.05. The van der Waals surface area contributed by atoms with E-state index in [0.717, 1.165) is 57.5 Å². The van der Waals surface area contributed by atoms with Gasteiger partial charge in [-0.15, -0.1) is 22.7 Å². The number of anilines is 2. The smallest absolute Gasteiger partial charge is 0.246 e. The van der Waals surface area contributed by atoms with Crippen LogP contribution in [0.2, 0.25) is 0 Å². The number of nitrogens with one attached hydrogen (secondary N) is 1. The van der Waals surface area contributed by atoms with E-state index in [1.165, 1.54) is 0 Å². The second kappa shape index (κ2) is 9.18. The third kappa shape index (κ3) is 4.56. The first kappa shape index (κ1) is 20.8. The van der Waals surface area contributed by atoms with Gasteiger partial charge in [0.15, 0.2) is 5.13 Å². The molecule has 4 aromatic rings. The van der Waals surface area contributed by atoms with Crippen molar-refractivity contribution in [1.82, 2.24) is 19.9 Å². The van der Waals surface area contributed by atoms with E-state index in [9.17, 15) is 4.79 Å². The Kier molecular flexibility index (Phi) is 5.96. The summed E-state index contributed by atoms with van der Waals surface area (Å²) in [6, 6.07) is 10.4. The van der Waals surface area contributed by atoms with Crippen LogP contribution in [0.4, 0.5) is 10.9 Å². The predicted molar refractivity (Wildman–Crippen MR) is 132 cm³/mol. The number of piperidine rings is 1. The lowest BCUT2D eigenvalue weighted by molar-refractivity contribution is -0.127. The molecule has 1 atom stereocenters. The van der Waals surface area contributed by atoms with Crippen molar-refractivity contribution in [2.75, 3.05) is 18.4 Å². The molecule has 0 aliphatic carbocycles.